The van der Waals surface area contributed by atoms with Gasteiger partial charge in [-0.05, 0) is 24.1 Å². The maximum atomic E-state index is 11.3. The molecule has 0 spiro atoms. The number of pyridine rings is 1. The van der Waals surface area contributed by atoms with E-state index in [1.165, 1.54) is 0 Å². The van der Waals surface area contributed by atoms with Gasteiger partial charge in [-0.1, -0.05) is 0 Å². The van der Waals surface area contributed by atoms with Crippen LogP contribution in [0.5, 0.6) is 0 Å². The summed E-state index contributed by atoms with van der Waals surface area (Å²) in [5.41, 5.74) is 7.73. The highest BCUT2D eigenvalue weighted by Crippen LogP contribution is 2.18. The minimum absolute atomic E-state index is 0.115. The zero-order valence-electron chi connectivity index (χ0n) is 10.1. The topological polar surface area (TPSA) is 71.2 Å². The molecule has 1 aromatic rings. The van der Waals surface area contributed by atoms with Crippen molar-refractivity contribution in [1.29, 1.82) is 0 Å². The first kappa shape index (κ1) is 11.9. The third kappa shape index (κ3) is 2.74. The molecule has 5 nitrogen and oxygen atoms in total. The number of aryl methyl sites for hydroxylation is 1. The van der Waals surface area contributed by atoms with Gasteiger partial charge < -0.3 is 16.0 Å². The largest absolute Gasteiger partial charge is 0.354 e. The van der Waals surface area contributed by atoms with Gasteiger partial charge in [-0.15, -0.1) is 0 Å². The SMILES string of the molecule is Cc1cc(CN)cnc1N1CCNC(=O)CC1. The zero-order chi connectivity index (χ0) is 12.3. The first-order valence-corrected chi connectivity index (χ1v) is 5.88. The number of nitrogens with zero attached hydrogens (tertiary/aromatic N) is 2. The van der Waals surface area contributed by atoms with Crippen LogP contribution in [0.1, 0.15) is 17.5 Å². The molecule has 0 saturated carbocycles. The second kappa shape index (κ2) is 5.14. The molecule has 3 N–H and O–H groups in total. The van der Waals surface area contributed by atoms with Crippen molar-refractivity contribution in [1.82, 2.24) is 10.3 Å². The first-order valence-electron chi connectivity index (χ1n) is 5.88. The van der Waals surface area contributed by atoms with Crippen LogP contribution in [0.15, 0.2) is 12.3 Å². The second-order valence-corrected chi connectivity index (χ2v) is 4.28. The molecular weight excluding hydrogens is 216 g/mol. The van der Waals surface area contributed by atoms with E-state index in [1.54, 1.807) is 0 Å². The Labute approximate surface area is 101 Å². The average Bonchev–Trinajstić information content (AvgIpc) is 2.54. The van der Waals surface area contributed by atoms with E-state index in [0.717, 1.165) is 30.0 Å². The van der Waals surface area contributed by atoms with Gasteiger partial charge >= 0.3 is 0 Å². The molecule has 1 aromatic heterocycles. The lowest BCUT2D eigenvalue weighted by molar-refractivity contribution is -0.120. The molecule has 0 radical (unpaired) electrons. The Hall–Kier alpha value is -1.62. The molecule has 0 bridgehead atoms. The van der Waals surface area contributed by atoms with Crippen LogP contribution in [0.4, 0.5) is 5.82 Å². The molecular formula is C12H18N4O. The smallest absolute Gasteiger partial charge is 0.221 e. The molecule has 17 heavy (non-hydrogen) atoms. The fourth-order valence-electron chi connectivity index (χ4n) is 2.05. The lowest BCUT2D eigenvalue weighted by atomic mass is 10.2. The molecule has 1 saturated heterocycles. The summed E-state index contributed by atoms with van der Waals surface area (Å²) in [5.74, 6) is 1.07. The quantitative estimate of drug-likeness (QED) is 0.765. The van der Waals surface area contributed by atoms with Crippen molar-refractivity contribution in [2.45, 2.75) is 19.9 Å². The minimum Gasteiger partial charge on any atom is -0.354 e. The van der Waals surface area contributed by atoms with Crippen LogP contribution in [-0.4, -0.2) is 30.5 Å². The van der Waals surface area contributed by atoms with Crippen molar-refractivity contribution < 1.29 is 4.79 Å². The summed E-state index contributed by atoms with van der Waals surface area (Å²) in [6, 6.07) is 2.06. The Bertz CT molecular complexity index is 419. The fourth-order valence-corrected chi connectivity index (χ4v) is 2.05. The molecule has 1 fully saturated rings. The predicted octanol–water partition coefficient (Wildman–Crippen LogP) is 0.175. The Morgan fingerprint density at radius 1 is 1.53 bits per heavy atom. The molecule has 0 atom stereocenters. The van der Waals surface area contributed by atoms with Crippen molar-refractivity contribution in [3.63, 3.8) is 0 Å². The van der Waals surface area contributed by atoms with Gasteiger partial charge in [-0.2, -0.15) is 0 Å². The van der Waals surface area contributed by atoms with E-state index in [2.05, 4.69) is 21.3 Å². The number of aromatic nitrogens is 1. The van der Waals surface area contributed by atoms with Crippen LogP contribution in [-0.2, 0) is 11.3 Å². The highest BCUT2D eigenvalue weighted by atomic mass is 16.1. The summed E-state index contributed by atoms with van der Waals surface area (Å²) in [6.45, 7) is 4.75. The molecule has 2 rings (SSSR count). The van der Waals surface area contributed by atoms with Crippen LogP contribution in [0.25, 0.3) is 0 Å². The summed E-state index contributed by atoms with van der Waals surface area (Å²) in [6.07, 6.45) is 2.34. The van der Waals surface area contributed by atoms with Gasteiger partial charge in [0, 0.05) is 38.8 Å². The lowest BCUT2D eigenvalue weighted by Crippen LogP contribution is -2.29. The Morgan fingerprint density at radius 2 is 2.35 bits per heavy atom. The summed E-state index contributed by atoms with van der Waals surface area (Å²) in [4.78, 5) is 17.9. The second-order valence-electron chi connectivity index (χ2n) is 4.28. The third-order valence-electron chi connectivity index (χ3n) is 2.96. The van der Waals surface area contributed by atoms with Gasteiger partial charge in [0.05, 0.1) is 0 Å². The van der Waals surface area contributed by atoms with Crippen molar-refractivity contribution >= 4 is 11.7 Å². The molecule has 1 aliphatic heterocycles. The van der Waals surface area contributed by atoms with Crippen LogP contribution in [0.3, 0.4) is 0 Å². The molecule has 2 heterocycles. The maximum absolute atomic E-state index is 11.3. The highest BCUT2D eigenvalue weighted by Gasteiger charge is 2.16. The summed E-state index contributed by atoms with van der Waals surface area (Å²) >= 11 is 0. The minimum atomic E-state index is 0.115. The molecule has 1 amide bonds. The van der Waals surface area contributed by atoms with Crippen LogP contribution in [0.2, 0.25) is 0 Å². The number of carbonyl (C=O) groups excluding carboxylic acids is 1. The number of hydrogen-bond acceptors (Lipinski definition) is 4. The molecule has 0 aromatic carbocycles. The van der Waals surface area contributed by atoms with Gasteiger partial charge in [-0.3, -0.25) is 4.79 Å². The van der Waals surface area contributed by atoms with E-state index in [1.807, 2.05) is 13.1 Å². The first-order chi connectivity index (χ1) is 8.20. The van der Waals surface area contributed by atoms with E-state index >= 15 is 0 Å². The van der Waals surface area contributed by atoms with E-state index in [0.29, 0.717) is 19.5 Å². The highest BCUT2D eigenvalue weighted by molar-refractivity contribution is 5.77. The third-order valence-corrected chi connectivity index (χ3v) is 2.96. The number of nitrogens with two attached hydrogens (primary N) is 1. The van der Waals surface area contributed by atoms with Gasteiger partial charge in [0.1, 0.15) is 5.82 Å². The van der Waals surface area contributed by atoms with E-state index in [-0.39, 0.29) is 5.91 Å². The standard InChI is InChI=1S/C12H18N4O/c1-9-6-10(7-13)8-15-12(9)16-4-2-11(17)14-3-5-16/h6,8H,2-5,7,13H2,1H3,(H,14,17). The maximum Gasteiger partial charge on any atom is 0.221 e. The van der Waals surface area contributed by atoms with Crippen molar-refractivity contribution in [3.05, 3.63) is 23.4 Å². The van der Waals surface area contributed by atoms with Crippen molar-refractivity contribution in [2.24, 2.45) is 5.73 Å². The van der Waals surface area contributed by atoms with Gasteiger partial charge in [0.25, 0.3) is 0 Å². The van der Waals surface area contributed by atoms with Crippen molar-refractivity contribution in [3.8, 4) is 0 Å². The average molecular weight is 234 g/mol. The Balaban J connectivity index is 2.18. The number of rotatable bonds is 2. The van der Waals surface area contributed by atoms with Crippen molar-refractivity contribution in [2.75, 3.05) is 24.5 Å². The van der Waals surface area contributed by atoms with Gasteiger partial charge in [-0.25, -0.2) is 4.98 Å². The molecule has 92 valence electrons. The normalized spacial score (nSPS) is 16.6. The molecule has 0 aliphatic carbocycles. The van der Waals surface area contributed by atoms with Gasteiger partial charge in [0.2, 0.25) is 5.91 Å². The predicted molar refractivity (Wildman–Crippen MR) is 66.7 cm³/mol. The Kier molecular flexibility index (Phi) is 3.58. The summed E-state index contributed by atoms with van der Waals surface area (Å²) in [7, 11) is 0. The molecule has 0 unspecified atom stereocenters. The zero-order valence-corrected chi connectivity index (χ0v) is 10.1. The molecule has 5 heteroatoms. The van der Waals surface area contributed by atoms with E-state index in [4.69, 9.17) is 5.73 Å². The van der Waals surface area contributed by atoms with E-state index < -0.39 is 0 Å². The summed E-state index contributed by atoms with van der Waals surface area (Å²) < 4.78 is 0. The van der Waals surface area contributed by atoms with Crippen LogP contribution < -0.4 is 16.0 Å². The van der Waals surface area contributed by atoms with Gasteiger partial charge in [0.15, 0.2) is 0 Å². The number of nitrogens with one attached hydrogen (secondary N) is 1. The number of amides is 1. The number of anilines is 1. The monoisotopic (exact) mass is 234 g/mol. The lowest BCUT2D eigenvalue weighted by Gasteiger charge is -2.22. The number of hydrogen-bond donors (Lipinski definition) is 2. The Morgan fingerprint density at radius 3 is 3.06 bits per heavy atom. The van der Waals surface area contributed by atoms with E-state index in [9.17, 15) is 4.79 Å². The summed E-state index contributed by atoms with van der Waals surface area (Å²) in [5, 5.41) is 2.86. The van der Waals surface area contributed by atoms with Crippen LogP contribution >= 0.6 is 0 Å². The molecule has 1 aliphatic rings. The number of carbonyl (C=O) groups is 1. The van der Waals surface area contributed by atoms with Crippen LogP contribution in [0, 0.1) is 6.92 Å². The fraction of sp³-hybridized carbons (Fsp3) is 0.500.